The van der Waals surface area contributed by atoms with E-state index in [2.05, 4.69) is 15.0 Å². The lowest BCUT2D eigenvalue weighted by molar-refractivity contribution is 0.0592. The van der Waals surface area contributed by atoms with Crippen LogP contribution in [0, 0.1) is 11.6 Å². The second-order valence-electron chi connectivity index (χ2n) is 4.31. The number of nitrogens with two attached hydrogens (primary N) is 1. The van der Waals surface area contributed by atoms with Gasteiger partial charge in [-0.2, -0.15) is 0 Å². The zero-order valence-electron chi connectivity index (χ0n) is 11.3. The Balaban J connectivity index is 2.37. The maximum atomic E-state index is 13.7. The van der Waals surface area contributed by atoms with E-state index in [0.29, 0.717) is 12.1 Å². The molecule has 8 heteroatoms. The van der Waals surface area contributed by atoms with E-state index >= 15 is 0 Å². The van der Waals surface area contributed by atoms with Crippen LogP contribution in [-0.4, -0.2) is 34.6 Å². The molecule has 21 heavy (non-hydrogen) atoms. The number of carbonyl (C=O) groups excluding carboxylic acids is 1. The maximum absolute atomic E-state index is 13.7. The molecule has 0 bridgehead atoms. The van der Waals surface area contributed by atoms with E-state index in [1.54, 1.807) is 0 Å². The van der Waals surface area contributed by atoms with E-state index in [-0.39, 0.29) is 24.3 Å². The van der Waals surface area contributed by atoms with E-state index in [4.69, 9.17) is 5.73 Å². The summed E-state index contributed by atoms with van der Waals surface area (Å²) >= 11 is 0. The molecule has 2 rings (SSSR count). The molecule has 2 N–H and O–H groups in total. The minimum atomic E-state index is -0.649. The predicted octanol–water partition coefficient (Wildman–Crippen LogP) is 0.892. The molecular formula is C13H14F2N4O2. The Hall–Kier alpha value is -2.35. The van der Waals surface area contributed by atoms with E-state index in [1.165, 1.54) is 11.8 Å². The summed E-state index contributed by atoms with van der Waals surface area (Å²) in [5.41, 5.74) is 6.05. The molecular weight excluding hydrogens is 282 g/mol. The lowest BCUT2D eigenvalue weighted by Gasteiger charge is -2.08. The quantitative estimate of drug-likeness (QED) is 0.829. The Morgan fingerprint density at radius 3 is 2.86 bits per heavy atom. The Morgan fingerprint density at radius 2 is 2.19 bits per heavy atom. The van der Waals surface area contributed by atoms with Gasteiger partial charge in [-0.3, -0.25) is 0 Å². The molecule has 0 spiro atoms. The van der Waals surface area contributed by atoms with Gasteiger partial charge in [-0.25, -0.2) is 18.3 Å². The summed E-state index contributed by atoms with van der Waals surface area (Å²) in [7, 11) is 1.22. The number of hydrogen-bond donors (Lipinski definition) is 1. The monoisotopic (exact) mass is 296 g/mol. The Bertz CT molecular complexity index is 658. The first-order valence-electron chi connectivity index (χ1n) is 6.21. The summed E-state index contributed by atoms with van der Waals surface area (Å²) in [4.78, 5) is 11.6. The standard InChI is InChI=1S/C13H14F2N4O2/c1-21-13(20)12-11(4-5-16)19(18-17-12)7-8-6-9(14)2-3-10(8)15/h2-3,6H,4-5,7,16H2,1H3. The number of esters is 1. The minimum absolute atomic E-state index is 0.0276. The van der Waals surface area contributed by atoms with Crippen molar-refractivity contribution in [3.63, 3.8) is 0 Å². The topological polar surface area (TPSA) is 83.0 Å². The summed E-state index contributed by atoms with van der Waals surface area (Å²) in [5.74, 6) is -1.77. The van der Waals surface area contributed by atoms with Crippen LogP contribution in [0.1, 0.15) is 21.7 Å². The molecule has 0 atom stereocenters. The van der Waals surface area contributed by atoms with Crippen molar-refractivity contribution in [1.82, 2.24) is 15.0 Å². The van der Waals surface area contributed by atoms with Crippen LogP contribution in [0.15, 0.2) is 18.2 Å². The van der Waals surface area contributed by atoms with Gasteiger partial charge in [0, 0.05) is 12.0 Å². The van der Waals surface area contributed by atoms with Crippen molar-refractivity contribution in [2.24, 2.45) is 5.73 Å². The normalized spacial score (nSPS) is 10.7. The third-order valence-electron chi connectivity index (χ3n) is 2.93. The summed E-state index contributed by atoms with van der Waals surface area (Å²) < 4.78 is 32.8. The first kappa shape index (κ1) is 15.0. The van der Waals surface area contributed by atoms with E-state index < -0.39 is 17.6 Å². The molecule has 0 radical (unpaired) electrons. The lowest BCUT2D eigenvalue weighted by atomic mass is 10.2. The molecule has 0 unspecified atom stereocenters. The van der Waals surface area contributed by atoms with Gasteiger partial charge >= 0.3 is 5.97 Å². The molecule has 1 aromatic heterocycles. The number of benzene rings is 1. The molecule has 0 aliphatic rings. The average Bonchev–Trinajstić information content (AvgIpc) is 2.85. The summed E-state index contributed by atoms with van der Waals surface area (Å²) in [6.45, 7) is 0.200. The fourth-order valence-corrected chi connectivity index (χ4v) is 1.93. The van der Waals surface area contributed by atoms with Gasteiger partial charge in [-0.1, -0.05) is 5.21 Å². The highest BCUT2D eigenvalue weighted by molar-refractivity contribution is 5.88. The first-order chi connectivity index (χ1) is 10.1. The number of ether oxygens (including phenoxy) is 1. The van der Waals surface area contributed by atoms with Crippen LogP contribution in [0.4, 0.5) is 8.78 Å². The molecule has 112 valence electrons. The molecule has 2 aromatic rings. The molecule has 0 saturated heterocycles. The van der Waals surface area contributed by atoms with Crippen LogP contribution in [0.25, 0.3) is 0 Å². The largest absolute Gasteiger partial charge is 0.464 e. The van der Waals surface area contributed by atoms with Gasteiger partial charge in [0.05, 0.1) is 19.3 Å². The van der Waals surface area contributed by atoms with Gasteiger partial charge in [0.25, 0.3) is 0 Å². The molecule has 6 nitrogen and oxygen atoms in total. The number of carbonyl (C=O) groups is 1. The molecule has 0 aliphatic heterocycles. The van der Waals surface area contributed by atoms with Crippen LogP contribution in [-0.2, 0) is 17.7 Å². The van der Waals surface area contributed by atoms with Crippen molar-refractivity contribution in [2.45, 2.75) is 13.0 Å². The lowest BCUT2D eigenvalue weighted by Crippen LogP contribution is -2.15. The number of nitrogens with zero attached hydrogens (tertiary/aromatic N) is 3. The fourth-order valence-electron chi connectivity index (χ4n) is 1.93. The van der Waals surface area contributed by atoms with E-state index in [0.717, 1.165) is 18.2 Å². The highest BCUT2D eigenvalue weighted by Crippen LogP contribution is 2.14. The SMILES string of the molecule is COC(=O)c1nnn(Cc2cc(F)ccc2F)c1CCN. The van der Waals surface area contributed by atoms with Crippen LogP contribution in [0.5, 0.6) is 0 Å². The van der Waals surface area contributed by atoms with Gasteiger partial charge < -0.3 is 10.5 Å². The Kier molecular flexibility index (Phi) is 4.59. The number of halogens is 2. The van der Waals surface area contributed by atoms with Gasteiger partial charge in [0.1, 0.15) is 11.6 Å². The average molecular weight is 296 g/mol. The molecule has 1 heterocycles. The van der Waals surface area contributed by atoms with Crippen molar-refractivity contribution < 1.29 is 18.3 Å². The number of hydrogen-bond acceptors (Lipinski definition) is 5. The smallest absolute Gasteiger partial charge is 0.360 e. The van der Waals surface area contributed by atoms with Crippen LogP contribution >= 0.6 is 0 Å². The van der Waals surface area contributed by atoms with Crippen LogP contribution in [0.2, 0.25) is 0 Å². The van der Waals surface area contributed by atoms with Crippen LogP contribution in [0.3, 0.4) is 0 Å². The summed E-state index contributed by atoms with van der Waals surface area (Å²) in [5, 5.41) is 7.51. The molecule has 0 saturated carbocycles. The number of methoxy groups -OCH3 is 1. The molecule has 0 aliphatic carbocycles. The second-order valence-corrected chi connectivity index (χ2v) is 4.31. The third kappa shape index (κ3) is 3.22. The Morgan fingerprint density at radius 1 is 1.43 bits per heavy atom. The van der Waals surface area contributed by atoms with Gasteiger partial charge in [-0.15, -0.1) is 5.10 Å². The van der Waals surface area contributed by atoms with Crippen molar-refractivity contribution in [1.29, 1.82) is 0 Å². The first-order valence-corrected chi connectivity index (χ1v) is 6.21. The van der Waals surface area contributed by atoms with Crippen molar-refractivity contribution in [3.8, 4) is 0 Å². The van der Waals surface area contributed by atoms with Crippen LogP contribution < -0.4 is 5.73 Å². The fraction of sp³-hybridized carbons (Fsp3) is 0.308. The Labute approximate surface area is 119 Å². The highest BCUT2D eigenvalue weighted by atomic mass is 19.1. The van der Waals surface area contributed by atoms with Gasteiger partial charge in [-0.05, 0) is 24.7 Å². The minimum Gasteiger partial charge on any atom is -0.464 e. The van der Waals surface area contributed by atoms with Crippen molar-refractivity contribution in [2.75, 3.05) is 13.7 Å². The van der Waals surface area contributed by atoms with Crippen molar-refractivity contribution >= 4 is 5.97 Å². The molecule has 0 fully saturated rings. The summed E-state index contributed by atoms with van der Waals surface area (Å²) in [6, 6.07) is 3.13. The highest BCUT2D eigenvalue weighted by Gasteiger charge is 2.20. The van der Waals surface area contributed by atoms with Gasteiger partial charge in [0.2, 0.25) is 0 Å². The number of aromatic nitrogens is 3. The predicted molar refractivity (Wildman–Crippen MR) is 69.6 cm³/mol. The third-order valence-corrected chi connectivity index (χ3v) is 2.93. The summed E-state index contributed by atoms with van der Waals surface area (Å²) in [6.07, 6.45) is 0.314. The maximum Gasteiger partial charge on any atom is 0.360 e. The van der Waals surface area contributed by atoms with Crippen molar-refractivity contribution in [3.05, 3.63) is 46.8 Å². The zero-order valence-corrected chi connectivity index (χ0v) is 11.3. The van der Waals surface area contributed by atoms with E-state index in [9.17, 15) is 13.6 Å². The number of rotatable bonds is 5. The van der Waals surface area contributed by atoms with E-state index in [1.807, 2.05) is 0 Å². The zero-order chi connectivity index (χ0) is 15.4. The van der Waals surface area contributed by atoms with Gasteiger partial charge in [0.15, 0.2) is 5.69 Å². The molecule has 1 aromatic carbocycles. The second kappa shape index (κ2) is 6.40. The molecule has 0 amide bonds.